The molecule has 2 amide bonds. The van der Waals surface area contributed by atoms with Crippen molar-refractivity contribution in [1.29, 1.82) is 0 Å². The molecule has 2 atom stereocenters. The first kappa shape index (κ1) is 17.7. The third kappa shape index (κ3) is 3.02. The van der Waals surface area contributed by atoms with Crippen molar-refractivity contribution >= 4 is 29.5 Å². The van der Waals surface area contributed by atoms with Crippen molar-refractivity contribution in [3.05, 3.63) is 53.0 Å². The van der Waals surface area contributed by atoms with Crippen LogP contribution in [0.15, 0.2) is 47.4 Å². The highest BCUT2D eigenvalue weighted by Crippen LogP contribution is 2.40. The molecule has 8 nitrogen and oxygen atoms in total. The minimum Gasteiger partial charge on any atom is -0.477 e. The Morgan fingerprint density at radius 2 is 2.11 bits per heavy atom. The Balaban J connectivity index is 1.58. The highest BCUT2D eigenvalue weighted by atomic mass is 32.2. The Kier molecular flexibility index (Phi) is 4.48. The number of likely N-dealkylation sites (tertiary alicyclic amines) is 1. The number of amides is 2. The number of aliphatic carboxylic acids is 1. The summed E-state index contributed by atoms with van der Waals surface area (Å²) in [5.74, 6) is -1.27. The Morgan fingerprint density at radius 3 is 2.81 bits per heavy atom. The number of thioether (sulfide) groups is 1. The second-order valence-electron chi connectivity index (χ2n) is 6.62. The zero-order valence-electron chi connectivity index (χ0n) is 14.4. The van der Waals surface area contributed by atoms with Crippen LogP contribution in [-0.4, -0.2) is 61.4 Å². The molecule has 0 saturated carbocycles. The highest BCUT2D eigenvalue weighted by Gasteiger charge is 2.51. The number of pyridine rings is 1. The first-order chi connectivity index (χ1) is 13.0. The summed E-state index contributed by atoms with van der Waals surface area (Å²) in [6, 6.07) is 3.05. The Hall–Kier alpha value is -2.65. The maximum absolute atomic E-state index is 12.7. The zero-order chi connectivity index (χ0) is 19.1. The van der Waals surface area contributed by atoms with Gasteiger partial charge in [0.05, 0.1) is 0 Å². The van der Waals surface area contributed by atoms with E-state index in [1.807, 2.05) is 12.1 Å². The molecule has 2 saturated heterocycles. The highest BCUT2D eigenvalue weighted by molar-refractivity contribution is 8.00. The smallest absolute Gasteiger partial charge is 0.352 e. The van der Waals surface area contributed by atoms with Gasteiger partial charge in [0.15, 0.2) is 0 Å². The molecule has 0 unspecified atom stereocenters. The fourth-order valence-electron chi connectivity index (χ4n) is 3.52. The van der Waals surface area contributed by atoms with E-state index in [1.165, 1.54) is 16.7 Å². The van der Waals surface area contributed by atoms with Gasteiger partial charge in [0.25, 0.3) is 0 Å². The third-order valence-corrected chi connectivity index (χ3v) is 6.25. The molecule has 3 N–H and O–H groups in total. The zero-order valence-corrected chi connectivity index (χ0v) is 15.2. The lowest BCUT2D eigenvalue weighted by atomic mass is 10.0. The predicted octanol–water partition coefficient (Wildman–Crippen LogP) is 0.321. The van der Waals surface area contributed by atoms with Gasteiger partial charge < -0.3 is 15.7 Å². The Labute approximate surface area is 159 Å². The van der Waals surface area contributed by atoms with Gasteiger partial charge >= 0.3 is 5.97 Å². The number of allylic oxidation sites excluding steroid dienone is 1. The molecule has 3 aliphatic heterocycles. The van der Waals surface area contributed by atoms with E-state index in [-0.39, 0.29) is 17.0 Å². The van der Waals surface area contributed by atoms with Gasteiger partial charge in [-0.3, -0.25) is 19.5 Å². The molecule has 0 radical (unpaired) electrons. The van der Waals surface area contributed by atoms with E-state index in [2.05, 4.69) is 4.98 Å². The number of carboxylic acid groups (broad SMARTS) is 1. The number of hydrogen-bond acceptors (Lipinski definition) is 6. The summed E-state index contributed by atoms with van der Waals surface area (Å²) in [7, 11) is 0. The number of rotatable bonds is 4. The predicted molar refractivity (Wildman–Crippen MR) is 98.1 cm³/mol. The van der Waals surface area contributed by atoms with Gasteiger partial charge in [-0.1, -0.05) is 0 Å². The number of aromatic nitrogens is 1. The van der Waals surface area contributed by atoms with E-state index >= 15 is 0 Å². The van der Waals surface area contributed by atoms with Gasteiger partial charge in [-0.15, -0.1) is 11.8 Å². The van der Waals surface area contributed by atoms with Crippen molar-refractivity contribution in [2.24, 2.45) is 5.73 Å². The van der Waals surface area contributed by atoms with Gasteiger partial charge in [0.2, 0.25) is 11.8 Å². The molecule has 4 heterocycles. The largest absolute Gasteiger partial charge is 0.477 e. The van der Waals surface area contributed by atoms with Gasteiger partial charge in [0, 0.05) is 36.8 Å². The number of nitrogens with zero attached hydrogens (tertiary/aromatic N) is 3. The van der Waals surface area contributed by atoms with Gasteiger partial charge in [-0.05, 0) is 35.8 Å². The van der Waals surface area contributed by atoms with Crippen molar-refractivity contribution in [2.75, 3.05) is 12.3 Å². The van der Waals surface area contributed by atoms with Crippen molar-refractivity contribution in [2.45, 2.75) is 24.4 Å². The monoisotopic (exact) mass is 386 g/mol. The van der Waals surface area contributed by atoms with Crippen LogP contribution in [0.5, 0.6) is 0 Å². The van der Waals surface area contributed by atoms with E-state index in [0.29, 0.717) is 36.4 Å². The van der Waals surface area contributed by atoms with E-state index in [1.54, 1.807) is 23.4 Å². The Morgan fingerprint density at radius 1 is 1.37 bits per heavy atom. The summed E-state index contributed by atoms with van der Waals surface area (Å²) in [5.41, 5.74) is 7.73. The van der Waals surface area contributed by atoms with Gasteiger partial charge in [0.1, 0.15) is 17.1 Å². The van der Waals surface area contributed by atoms with E-state index < -0.39 is 17.9 Å². The molecule has 0 spiro atoms. The lowest BCUT2D eigenvalue weighted by molar-refractivity contribution is -0.147. The van der Waals surface area contributed by atoms with Gasteiger partial charge in [-0.2, -0.15) is 0 Å². The van der Waals surface area contributed by atoms with Crippen LogP contribution in [-0.2, 0) is 20.9 Å². The first-order valence-corrected chi connectivity index (χ1v) is 9.57. The van der Waals surface area contributed by atoms with Crippen LogP contribution < -0.4 is 5.73 Å². The lowest BCUT2D eigenvalue weighted by Crippen LogP contribution is -2.68. The van der Waals surface area contributed by atoms with Crippen LogP contribution in [0.4, 0.5) is 0 Å². The summed E-state index contributed by atoms with van der Waals surface area (Å²) < 4.78 is 0. The molecule has 140 valence electrons. The van der Waals surface area contributed by atoms with Crippen LogP contribution in [0.1, 0.15) is 12.0 Å². The number of β-lactam (4-membered cyclic amide) rings is 1. The number of carboxylic acids is 1. The number of carbonyl (C=O) groups excluding carboxylic acids is 2. The molecule has 4 rings (SSSR count). The minimum absolute atomic E-state index is 0.0571. The molecular formula is C18H18N4O4S. The van der Waals surface area contributed by atoms with E-state index in [0.717, 1.165) is 5.56 Å². The number of fused-ring (bicyclic) bond motifs is 1. The molecule has 9 heteroatoms. The first-order valence-electron chi connectivity index (χ1n) is 8.53. The normalized spacial score (nSPS) is 26.5. The van der Waals surface area contributed by atoms with Crippen LogP contribution in [0.2, 0.25) is 0 Å². The number of carbonyl (C=O) groups is 3. The van der Waals surface area contributed by atoms with Crippen molar-refractivity contribution in [3.63, 3.8) is 0 Å². The van der Waals surface area contributed by atoms with Crippen LogP contribution >= 0.6 is 11.8 Å². The molecular weight excluding hydrogens is 368 g/mol. The fourth-order valence-corrected chi connectivity index (χ4v) is 4.77. The van der Waals surface area contributed by atoms with Crippen LogP contribution in [0.3, 0.4) is 0 Å². The third-order valence-electron chi connectivity index (χ3n) is 4.93. The summed E-state index contributed by atoms with van der Waals surface area (Å²) in [6.45, 7) is 1.06. The molecule has 1 aromatic rings. The van der Waals surface area contributed by atoms with Crippen molar-refractivity contribution in [3.8, 4) is 0 Å². The minimum atomic E-state index is -1.17. The van der Waals surface area contributed by atoms with Crippen LogP contribution in [0, 0.1) is 0 Å². The molecule has 0 bridgehead atoms. The SMILES string of the molecule is N[C@@H]1C(=O)N2C(C(=O)O)=C(/C=C3\CCN(Cc4ccncc4)C3=O)CS[C@H]12. The average molecular weight is 386 g/mol. The summed E-state index contributed by atoms with van der Waals surface area (Å²) >= 11 is 1.42. The summed E-state index contributed by atoms with van der Waals surface area (Å²) in [5, 5.41) is 9.25. The standard InChI is InChI=1S/C18H18N4O4S/c19-13-16(24)22-14(18(25)26)12(9-27-17(13)22)7-11-3-6-21(15(11)23)8-10-1-4-20-5-2-10/h1-2,4-5,7,13,17H,3,6,8-9,19H2,(H,25,26)/b11-7+/t13-,17-/m1/s1. The van der Waals surface area contributed by atoms with Crippen molar-refractivity contribution < 1.29 is 19.5 Å². The second-order valence-corrected chi connectivity index (χ2v) is 7.72. The molecule has 27 heavy (non-hydrogen) atoms. The van der Waals surface area contributed by atoms with Gasteiger partial charge in [-0.25, -0.2) is 4.79 Å². The van der Waals surface area contributed by atoms with E-state index in [4.69, 9.17) is 5.73 Å². The maximum Gasteiger partial charge on any atom is 0.352 e. The Bertz CT molecular complexity index is 883. The van der Waals surface area contributed by atoms with Crippen molar-refractivity contribution in [1.82, 2.24) is 14.8 Å². The number of hydrogen-bond donors (Lipinski definition) is 2. The van der Waals surface area contributed by atoms with E-state index in [9.17, 15) is 19.5 Å². The summed E-state index contributed by atoms with van der Waals surface area (Å²) in [6.07, 6.45) is 5.54. The average Bonchev–Trinajstić information content (AvgIpc) is 3.01. The fraction of sp³-hybridized carbons (Fsp3) is 0.333. The number of nitrogens with two attached hydrogens (primary N) is 1. The molecule has 0 aromatic carbocycles. The maximum atomic E-state index is 12.7. The molecule has 3 aliphatic rings. The second kappa shape index (κ2) is 6.82. The topological polar surface area (TPSA) is 117 Å². The molecule has 2 fully saturated rings. The molecule has 0 aliphatic carbocycles. The summed E-state index contributed by atoms with van der Waals surface area (Å²) in [4.78, 5) is 43.4. The lowest BCUT2D eigenvalue weighted by Gasteiger charge is -2.47. The molecule has 1 aromatic heterocycles. The quantitative estimate of drug-likeness (QED) is 0.565. The van der Waals surface area contributed by atoms with Crippen LogP contribution in [0.25, 0.3) is 0 Å².